The summed E-state index contributed by atoms with van der Waals surface area (Å²) >= 11 is 0. The van der Waals surface area contributed by atoms with Crippen LogP contribution >= 0.6 is 0 Å². The van der Waals surface area contributed by atoms with Crippen LogP contribution in [0.15, 0.2) is 30.3 Å². The van der Waals surface area contributed by atoms with Crippen LogP contribution in [0.1, 0.15) is 96.1 Å². The lowest BCUT2D eigenvalue weighted by molar-refractivity contribution is -0.119. The third-order valence-corrected chi connectivity index (χ3v) is 4.43. The van der Waals surface area contributed by atoms with Crippen LogP contribution in [-0.4, -0.2) is 5.91 Å². The van der Waals surface area contributed by atoms with Gasteiger partial charge in [0.25, 0.3) is 0 Å². The van der Waals surface area contributed by atoms with E-state index in [1.54, 1.807) is 6.92 Å². The highest BCUT2D eigenvalue weighted by Crippen LogP contribution is 2.20. The second kappa shape index (κ2) is 13.2. The minimum atomic E-state index is 0.0610. The molecule has 0 saturated carbocycles. The molecule has 1 aromatic rings. The predicted octanol–water partition coefficient (Wildman–Crippen LogP) is 6.17. The molecule has 23 heavy (non-hydrogen) atoms. The van der Waals surface area contributed by atoms with Gasteiger partial charge in [-0.15, -0.1) is 0 Å². The zero-order valence-corrected chi connectivity index (χ0v) is 15.2. The molecular weight excluding hydrogens is 282 g/mol. The molecule has 0 fully saturated rings. The highest BCUT2D eigenvalue weighted by Gasteiger charge is 2.11. The van der Waals surface area contributed by atoms with Crippen molar-refractivity contribution in [3.8, 4) is 0 Å². The number of unbranched alkanes of at least 4 members (excludes halogenated alkanes) is 9. The van der Waals surface area contributed by atoms with Gasteiger partial charge in [0, 0.05) is 6.92 Å². The van der Waals surface area contributed by atoms with Crippen LogP contribution in [-0.2, 0) is 4.79 Å². The van der Waals surface area contributed by atoms with Crippen molar-refractivity contribution in [1.82, 2.24) is 5.32 Å². The van der Waals surface area contributed by atoms with Crippen LogP contribution in [0, 0.1) is 0 Å². The monoisotopic (exact) mass is 317 g/mol. The molecule has 0 heterocycles. The van der Waals surface area contributed by atoms with E-state index in [2.05, 4.69) is 24.4 Å². The maximum atomic E-state index is 11.4. The summed E-state index contributed by atoms with van der Waals surface area (Å²) in [6, 6.07) is 10.5. The topological polar surface area (TPSA) is 29.1 Å². The maximum absolute atomic E-state index is 11.4. The molecule has 0 aliphatic carbocycles. The minimum absolute atomic E-state index is 0.0610. The van der Waals surface area contributed by atoms with E-state index in [1.165, 1.54) is 69.8 Å². The normalized spacial score (nSPS) is 12.1. The van der Waals surface area contributed by atoms with Crippen LogP contribution in [0.2, 0.25) is 0 Å². The van der Waals surface area contributed by atoms with Gasteiger partial charge in [-0.25, -0.2) is 0 Å². The Hall–Kier alpha value is -1.31. The van der Waals surface area contributed by atoms with Gasteiger partial charge in [-0.05, 0) is 12.0 Å². The van der Waals surface area contributed by atoms with Gasteiger partial charge in [0.1, 0.15) is 0 Å². The maximum Gasteiger partial charge on any atom is 0.217 e. The number of amides is 1. The standard InChI is InChI=1S/C21H35NO/c1-3-4-5-6-7-8-9-10-11-15-18-21(22-19(2)23)20-16-13-12-14-17-20/h12-14,16-17,21H,3-11,15,18H2,1-2H3,(H,22,23)/t21-/m0/s1. The van der Waals surface area contributed by atoms with Gasteiger partial charge >= 0.3 is 0 Å². The predicted molar refractivity (Wildman–Crippen MR) is 99.5 cm³/mol. The number of benzene rings is 1. The Bertz CT molecular complexity index is 402. The molecule has 0 spiro atoms. The second-order valence-corrected chi connectivity index (χ2v) is 6.63. The Kier molecular flexibility index (Phi) is 11.3. The number of carbonyl (C=O) groups is 1. The highest BCUT2D eigenvalue weighted by atomic mass is 16.1. The molecular formula is C21H35NO. The first-order valence-electron chi connectivity index (χ1n) is 9.56. The second-order valence-electron chi connectivity index (χ2n) is 6.63. The number of hydrogen-bond donors (Lipinski definition) is 1. The van der Waals surface area contributed by atoms with Crippen LogP contribution in [0.5, 0.6) is 0 Å². The quantitative estimate of drug-likeness (QED) is 0.433. The molecule has 1 N–H and O–H groups in total. The SMILES string of the molecule is CCCCCCCCCCCC[C@H](NC(C)=O)c1ccccc1. The molecule has 1 amide bonds. The van der Waals surface area contributed by atoms with Gasteiger partial charge in [-0.3, -0.25) is 4.79 Å². The van der Waals surface area contributed by atoms with Crippen LogP contribution in [0.4, 0.5) is 0 Å². The van der Waals surface area contributed by atoms with Gasteiger partial charge in [0.15, 0.2) is 0 Å². The summed E-state index contributed by atoms with van der Waals surface area (Å²) < 4.78 is 0. The molecule has 1 aromatic carbocycles. The fourth-order valence-corrected chi connectivity index (χ4v) is 3.09. The van der Waals surface area contributed by atoms with Gasteiger partial charge in [0.05, 0.1) is 6.04 Å². The summed E-state index contributed by atoms with van der Waals surface area (Å²) in [7, 11) is 0. The molecule has 130 valence electrons. The lowest BCUT2D eigenvalue weighted by Gasteiger charge is -2.18. The molecule has 0 aromatic heterocycles. The van der Waals surface area contributed by atoms with Crippen molar-refractivity contribution in [2.24, 2.45) is 0 Å². The first-order valence-corrected chi connectivity index (χ1v) is 9.56. The lowest BCUT2D eigenvalue weighted by Crippen LogP contribution is -2.25. The fourth-order valence-electron chi connectivity index (χ4n) is 3.09. The zero-order valence-electron chi connectivity index (χ0n) is 15.2. The van der Waals surface area contributed by atoms with Gasteiger partial charge in [-0.1, -0.05) is 101 Å². The Morgan fingerprint density at radius 2 is 1.39 bits per heavy atom. The van der Waals surface area contributed by atoms with E-state index < -0.39 is 0 Å². The molecule has 0 aliphatic heterocycles. The van der Waals surface area contributed by atoms with E-state index in [4.69, 9.17) is 0 Å². The number of nitrogens with one attached hydrogen (secondary N) is 1. The van der Waals surface area contributed by atoms with E-state index in [1.807, 2.05) is 18.2 Å². The van der Waals surface area contributed by atoms with Gasteiger partial charge in [0.2, 0.25) is 5.91 Å². The van der Waals surface area contributed by atoms with E-state index >= 15 is 0 Å². The van der Waals surface area contributed by atoms with E-state index in [0.29, 0.717) is 0 Å². The zero-order chi connectivity index (χ0) is 16.8. The first kappa shape index (κ1) is 19.7. The summed E-state index contributed by atoms with van der Waals surface area (Å²) in [5.74, 6) is 0.0610. The van der Waals surface area contributed by atoms with Crippen molar-refractivity contribution in [3.05, 3.63) is 35.9 Å². The molecule has 1 atom stereocenters. The largest absolute Gasteiger partial charge is 0.350 e. The molecule has 0 radical (unpaired) electrons. The van der Waals surface area contributed by atoms with E-state index in [0.717, 1.165) is 6.42 Å². The van der Waals surface area contributed by atoms with Crippen LogP contribution < -0.4 is 5.32 Å². The molecule has 1 rings (SSSR count). The number of carbonyl (C=O) groups excluding carboxylic acids is 1. The molecule has 2 nitrogen and oxygen atoms in total. The molecule has 0 aliphatic rings. The fraction of sp³-hybridized carbons (Fsp3) is 0.667. The number of rotatable bonds is 13. The van der Waals surface area contributed by atoms with Gasteiger partial charge in [-0.2, -0.15) is 0 Å². The average Bonchev–Trinajstić information content (AvgIpc) is 2.56. The summed E-state index contributed by atoms with van der Waals surface area (Å²) in [5, 5.41) is 3.09. The highest BCUT2D eigenvalue weighted by molar-refractivity contribution is 5.73. The van der Waals surface area contributed by atoms with Crippen molar-refractivity contribution in [2.75, 3.05) is 0 Å². The molecule has 2 heteroatoms. The Morgan fingerprint density at radius 3 is 1.91 bits per heavy atom. The Morgan fingerprint density at radius 1 is 0.870 bits per heavy atom. The summed E-state index contributed by atoms with van der Waals surface area (Å²) in [6.07, 6.45) is 14.5. The van der Waals surface area contributed by atoms with E-state index in [-0.39, 0.29) is 11.9 Å². The van der Waals surface area contributed by atoms with Crippen molar-refractivity contribution in [1.29, 1.82) is 0 Å². The molecule has 0 unspecified atom stereocenters. The molecule has 0 saturated heterocycles. The number of hydrogen-bond acceptors (Lipinski definition) is 1. The van der Waals surface area contributed by atoms with Crippen molar-refractivity contribution < 1.29 is 4.79 Å². The summed E-state index contributed by atoms with van der Waals surface area (Å²) in [6.45, 7) is 3.87. The molecule has 0 bridgehead atoms. The van der Waals surface area contributed by atoms with Crippen molar-refractivity contribution in [3.63, 3.8) is 0 Å². The third-order valence-electron chi connectivity index (χ3n) is 4.43. The van der Waals surface area contributed by atoms with Crippen molar-refractivity contribution in [2.45, 2.75) is 90.5 Å². The van der Waals surface area contributed by atoms with Crippen LogP contribution in [0.25, 0.3) is 0 Å². The minimum Gasteiger partial charge on any atom is -0.350 e. The average molecular weight is 318 g/mol. The third kappa shape index (κ3) is 10.1. The smallest absolute Gasteiger partial charge is 0.217 e. The van der Waals surface area contributed by atoms with Crippen molar-refractivity contribution >= 4 is 5.91 Å². The summed E-state index contributed by atoms with van der Waals surface area (Å²) in [4.78, 5) is 11.4. The first-order chi connectivity index (χ1) is 11.2. The Balaban J connectivity index is 2.12. The van der Waals surface area contributed by atoms with E-state index in [9.17, 15) is 4.79 Å². The van der Waals surface area contributed by atoms with Crippen LogP contribution in [0.3, 0.4) is 0 Å². The lowest BCUT2D eigenvalue weighted by atomic mass is 9.99. The summed E-state index contributed by atoms with van der Waals surface area (Å²) in [5.41, 5.74) is 1.22. The Labute approximate surface area is 143 Å². The van der Waals surface area contributed by atoms with Gasteiger partial charge < -0.3 is 5.32 Å².